The molecule has 1 aromatic rings. The summed E-state index contributed by atoms with van der Waals surface area (Å²) in [5.74, 6) is 0.340. The second-order valence-corrected chi connectivity index (χ2v) is 3.86. The average Bonchev–Trinajstić information content (AvgIpc) is 2.05. The molecule has 0 aliphatic carbocycles. The van der Waals surface area contributed by atoms with Gasteiger partial charge < -0.3 is 0 Å². The zero-order valence-electron chi connectivity index (χ0n) is 8.34. The van der Waals surface area contributed by atoms with Crippen LogP contribution in [0.3, 0.4) is 0 Å². The maximum absolute atomic E-state index is 12.5. The largest absolute Gasteiger partial charge is 0.238 e. The lowest BCUT2D eigenvalue weighted by molar-refractivity contribution is 0.440. The summed E-state index contributed by atoms with van der Waals surface area (Å²) in [6, 6.07) is 0. The Morgan fingerprint density at radius 1 is 1.31 bits per heavy atom. The molecule has 0 fully saturated rings. The first kappa shape index (κ1) is 10.1. The van der Waals surface area contributed by atoms with E-state index in [1.54, 1.807) is 0 Å². The summed E-state index contributed by atoms with van der Waals surface area (Å²) in [6.07, 6.45) is 4.53. The summed E-state index contributed by atoms with van der Waals surface area (Å²) in [5.41, 5.74) is -0.0531. The van der Waals surface area contributed by atoms with Crippen molar-refractivity contribution in [3.8, 4) is 0 Å². The second-order valence-electron chi connectivity index (χ2n) is 3.86. The van der Waals surface area contributed by atoms with Gasteiger partial charge in [-0.05, 0) is 6.42 Å². The van der Waals surface area contributed by atoms with Gasteiger partial charge >= 0.3 is 0 Å². The van der Waals surface area contributed by atoms with Gasteiger partial charge in [-0.1, -0.05) is 27.2 Å². The molecule has 0 aliphatic rings. The first-order valence-electron chi connectivity index (χ1n) is 4.54. The molecule has 2 nitrogen and oxygen atoms in total. The van der Waals surface area contributed by atoms with E-state index < -0.39 is 0 Å². The molecule has 0 N–H and O–H groups in total. The summed E-state index contributed by atoms with van der Waals surface area (Å²) in [4.78, 5) is 7.96. The molecule has 0 spiro atoms. The van der Waals surface area contributed by atoms with E-state index in [-0.39, 0.29) is 11.2 Å². The van der Waals surface area contributed by atoms with Gasteiger partial charge in [-0.3, -0.25) is 0 Å². The predicted molar refractivity (Wildman–Crippen MR) is 49.9 cm³/mol. The molecular weight excluding hydrogens is 167 g/mol. The standard InChI is InChI=1S/C10H15FN2/c1-4-5-10(2,3)9-12-6-8(11)7-13-9/h6-7H,4-5H2,1-3H3. The van der Waals surface area contributed by atoms with Crippen molar-refractivity contribution in [3.05, 3.63) is 24.0 Å². The first-order chi connectivity index (χ1) is 6.06. The SMILES string of the molecule is CCCC(C)(C)c1ncc(F)cn1. The minimum Gasteiger partial charge on any atom is -0.238 e. The summed E-state index contributed by atoms with van der Waals surface area (Å²) in [7, 11) is 0. The van der Waals surface area contributed by atoms with Gasteiger partial charge in [-0.15, -0.1) is 0 Å². The Kier molecular flexibility index (Phi) is 2.96. The monoisotopic (exact) mass is 182 g/mol. The van der Waals surface area contributed by atoms with Gasteiger partial charge in [0.25, 0.3) is 0 Å². The zero-order valence-corrected chi connectivity index (χ0v) is 8.34. The number of hydrogen-bond acceptors (Lipinski definition) is 2. The lowest BCUT2D eigenvalue weighted by Gasteiger charge is -2.21. The van der Waals surface area contributed by atoms with Crippen LogP contribution in [-0.4, -0.2) is 9.97 Å². The molecule has 0 bridgehead atoms. The van der Waals surface area contributed by atoms with Crippen molar-refractivity contribution >= 4 is 0 Å². The molecule has 1 aromatic heterocycles. The molecule has 1 rings (SSSR count). The topological polar surface area (TPSA) is 25.8 Å². The van der Waals surface area contributed by atoms with Crippen molar-refractivity contribution in [3.63, 3.8) is 0 Å². The lowest BCUT2D eigenvalue weighted by atomic mass is 9.87. The molecule has 0 unspecified atom stereocenters. The molecule has 0 aromatic carbocycles. The first-order valence-corrected chi connectivity index (χ1v) is 4.54. The van der Waals surface area contributed by atoms with Crippen LogP contribution in [0.25, 0.3) is 0 Å². The Bertz CT molecular complexity index is 267. The third kappa shape index (κ3) is 2.47. The third-order valence-electron chi connectivity index (χ3n) is 2.10. The molecule has 0 amide bonds. The van der Waals surface area contributed by atoms with E-state index in [1.165, 1.54) is 12.4 Å². The number of hydrogen-bond donors (Lipinski definition) is 0. The van der Waals surface area contributed by atoms with Gasteiger partial charge in [0.15, 0.2) is 5.82 Å². The third-order valence-corrected chi connectivity index (χ3v) is 2.10. The molecule has 0 aliphatic heterocycles. The fraction of sp³-hybridized carbons (Fsp3) is 0.600. The lowest BCUT2D eigenvalue weighted by Crippen LogP contribution is -2.20. The van der Waals surface area contributed by atoms with Gasteiger partial charge in [-0.25, -0.2) is 14.4 Å². The second kappa shape index (κ2) is 3.81. The van der Waals surface area contributed by atoms with Gasteiger partial charge in [0.1, 0.15) is 5.82 Å². The molecule has 0 radical (unpaired) electrons. The summed E-state index contributed by atoms with van der Waals surface area (Å²) < 4.78 is 12.5. The summed E-state index contributed by atoms with van der Waals surface area (Å²) in [5, 5.41) is 0. The minimum atomic E-state index is -0.379. The molecule has 1 heterocycles. The highest BCUT2D eigenvalue weighted by molar-refractivity contribution is 5.04. The van der Waals surface area contributed by atoms with Crippen LogP contribution in [0.4, 0.5) is 4.39 Å². The summed E-state index contributed by atoms with van der Waals surface area (Å²) >= 11 is 0. The van der Waals surface area contributed by atoms with Crippen LogP contribution in [0.2, 0.25) is 0 Å². The zero-order chi connectivity index (χ0) is 9.90. The van der Waals surface area contributed by atoms with Gasteiger partial charge in [0.2, 0.25) is 0 Å². The highest BCUT2D eigenvalue weighted by Crippen LogP contribution is 2.24. The van der Waals surface area contributed by atoms with Crippen LogP contribution in [0, 0.1) is 5.82 Å². The van der Waals surface area contributed by atoms with E-state index in [0.29, 0.717) is 0 Å². The molecule has 3 heteroatoms. The van der Waals surface area contributed by atoms with Crippen LogP contribution in [0.15, 0.2) is 12.4 Å². The Morgan fingerprint density at radius 3 is 2.31 bits per heavy atom. The van der Waals surface area contributed by atoms with Crippen molar-refractivity contribution in [2.24, 2.45) is 0 Å². The highest BCUT2D eigenvalue weighted by Gasteiger charge is 2.22. The molecule has 0 saturated carbocycles. The maximum atomic E-state index is 12.5. The van der Waals surface area contributed by atoms with Crippen LogP contribution in [0.1, 0.15) is 39.4 Å². The molecule has 0 atom stereocenters. The van der Waals surface area contributed by atoms with Crippen LogP contribution < -0.4 is 0 Å². The number of rotatable bonds is 3. The van der Waals surface area contributed by atoms with Crippen molar-refractivity contribution < 1.29 is 4.39 Å². The van der Waals surface area contributed by atoms with E-state index in [1.807, 2.05) is 0 Å². The van der Waals surface area contributed by atoms with Crippen molar-refractivity contribution in [2.45, 2.75) is 39.0 Å². The average molecular weight is 182 g/mol. The number of nitrogens with zero attached hydrogens (tertiary/aromatic N) is 2. The molecule has 0 saturated heterocycles. The van der Waals surface area contributed by atoms with E-state index in [9.17, 15) is 4.39 Å². The quantitative estimate of drug-likeness (QED) is 0.718. The Balaban J connectivity index is 2.87. The van der Waals surface area contributed by atoms with Gasteiger partial charge in [0.05, 0.1) is 12.4 Å². The van der Waals surface area contributed by atoms with Crippen LogP contribution >= 0.6 is 0 Å². The smallest absolute Gasteiger partial charge is 0.159 e. The highest BCUT2D eigenvalue weighted by atomic mass is 19.1. The fourth-order valence-corrected chi connectivity index (χ4v) is 1.40. The van der Waals surface area contributed by atoms with E-state index >= 15 is 0 Å². The minimum absolute atomic E-state index is 0.0531. The maximum Gasteiger partial charge on any atom is 0.159 e. The number of aromatic nitrogens is 2. The Morgan fingerprint density at radius 2 is 1.85 bits per heavy atom. The van der Waals surface area contributed by atoms with Crippen LogP contribution in [-0.2, 0) is 5.41 Å². The van der Waals surface area contributed by atoms with Crippen LogP contribution in [0.5, 0.6) is 0 Å². The predicted octanol–water partition coefficient (Wildman–Crippen LogP) is 2.69. The molecule has 72 valence electrons. The normalized spacial score (nSPS) is 11.7. The van der Waals surface area contributed by atoms with E-state index in [4.69, 9.17) is 0 Å². The Hall–Kier alpha value is -0.990. The van der Waals surface area contributed by atoms with E-state index in [2.05, 4.69) is 30.7 Å². The molecule has 13 heavy (non-hydrogen) atoms. The fourth-order valence-electron chi connectivity index (χ4n) is 1.40. The number of halogens is 1. The van der Waals surface area contributed by atoms with Crippen molar-refractivity contribution in [1.29, 1.82) is 0 Å². The van der Waals surface area contributed by atoms with Crippen molar-refractivity contribution in [1.82, 2.24) is 9.97 Å². The van der Waals surface area contributed by atoms with Gasteiger partial charge in [-0.2, -0.15) is 0 Å². The molecular formula is C10H15FN2. The van der Waals surface area contributed by atoms with Crippen molar-refractivity contribution in [2.75, 3.05) is 0 Å². The van der Waals surface area contributed by atoms with Gasteiger partial charge in [0, 0.05) is 5.41 Å². The summed E-state index contributed by atoms with van der Waals surface area (Å²) in [6.45, 7) is 6.26. The Labute approximate surface area is 78.2 Å². The van der Waals surface area contributed by atoms with E-state index in [0.717, 1.165) is 18.7 Å².